The minimum Gasteiger partial charge on any atom is -0.382 e. The van der Waals surface area contributed by atoms with Gasteiger partial charge in [-0.25, -0.2) is 4.98 Å². The predicted molar refractivity (Wildman–Crippen MR) is 62.2 cm³/mol. The summed E-state index contributed by atoms with van der Waals surface area (Å²) in [5.41, 5.74) is 5.74. The Bertz CT molecular complexity index is 620. The van der Waals surface area contributed by atoms with Crippen LogP contribution in [0.3, 0.4) is 0 Å². The Hall–Kier alpha value is -1.41. The number of nitrogen functional groups attached to an aromatic ring is 1. The highest BCUT2D eigenvalue weighted by Gasteiger charge is 2.38. The van der Waals surface area contributed by atoms with Crippen LogP contribution in [0, 0.1) is 0 Å². The molecule has 0 spiro atoms. The van der Waals surface area contributed by atoms with E-state index in [4.69, 9.17) is 5.73 Å². The number of pyridine rings is 1. The van der Waals surface area contributed by atoms with Crippen molar-refractivity contribution in [2.24, 2.45) is 0 Å². The summed E-state index contributed by atoms with van der Waals surface area (Å²) < 4.78 is 42.8. The quantitative estimate of drug-likeness (QED) is 0.770. The van der Waals surface area contributed by atoms with Crippen LogP contribution in [0.1, 0.15) is 16.8 Å². The second-order valence-electron chi connectivity index (χ2n) is 4.09. The molecule has 18 heavy (non-hydrogen) atoms. The molecule has 0 saturated carbocycles. The smallest absolute Gasteiger partial charge is 0.382 e. The number of nitrogens with zero attached hydrogens (tertiary/aromatic N) is 2. The average Bonchev–Trinajstić information content (AvgIpc) is 2.69. The van der Waals surface area contributed by atoms with Gasteiger partial charge in [0.1, 0.15) is 10.6 Å². The van der Waals surface area contributed by atoms with Crippen molar-refractivity contribution in [3.63, 3.8) is 0 Å². The van der Waals surface area contributed by atoms with Crippen molar-refractivity contribution in [2.75, 3.05) is 12.3 Å². The maximum absolute atomic E-state index is 13.0. The lowest BCUT2D eigenvalue weighted by molar-refractivity contribution is -0.141. The van der Waals surface area contributed by atoms with E-state index in [1.165, 1.54) is 0 Å². The number of aromatic nitrogens is 2. The normalized spacial score (nSPS) is 15.9. The summed E-state index contributed by atoms with van der Waals surface area (Å²) in [7, 11) is 0. The van der Waals surface area contributed by atoms with E-state index in [2.05, 4.69) is 14.7 Å². The number of nitrogens with one attached hydrogen (secondary N) is 1. The first kappa shape index (κ1) is 11.7. The van der Waals surface area contributed by atoms with E-state index in [-0.39, 0.29) is 22.8 Å². The summed E-state index contributed by atoms with van der Waals surface area (Å²) >= 11 is 0.911. The summed E-state index contributed by atoms with van der Waals surface area (Å²) in [5.74, 6) is 0.273. The minimum absolute atomic E-state index is 0.169. The van der Waals surface area contributed by atoms with E-state index in [0.29, 0.717) is 23.9 Å². The van der Waals surface area contributed by atoms with Gasteiger partial charge in [-0.2, -0.15) is 17.5 Å². The van der Waals surface area contributed by atoms with Crippen molar-refractivity contribution in [3.8, 4) is 0 Å². The molecule has 96 valence electrons. The van der Waals surface area contributed by atoms with E-state index in [1.807, 2.05) is 0 Å². The Morgan fingerprint density at radius 1 is 1.28 bits per heavy atom. The van der Waals surface area contributed by atoms with Crippen molar-refractivity contribution >= 4 is 27.6 Å². The van der Waals surface area contributed by atoms with Crippen LogP contribution >= 0.6 is 11.5 Å². The van der Waals surface area contributed by atoms with Gasteiger partial charge >= 0.3 is 6.18 Å². The molecule has 1 aliphatic rings. The third kappa shape index (κ3) is 1.64. The number of halogens is 3. The lowest BCUT2D eigenvalue weighted by Crippen LogP contribution is -2.27. The zero-order chi connectivity index (χ0) is 12.9. The Morgan fingerprint density at radius 2 is 2.06 bits per heavy atom. The molecular weight excluding hydrogens is 265 g/mol. The largest absolute Gasteiger partial charge is 0.433 e. The molecule has 3 heterocycles. The molecule has 3 rings (SSSR count). The molecule has 2 aromatic rings. The molecule has 0 unspecified atom stereocenters. The van der Waals surface area contributed by atoms with Gasteiger partial charge < -0.3 is 11.1 Å². The van der Waals surface area contributed by atoms with Gasteiger partial charge in [-0.1, -0.05) is 0 Å². The monoisotopic (exact) mass is 274 g/mol. The first-order valence-corrected chi connectivity index (χ1v) is 6.10. The second-order valence-corrected chi connectivity index (χ2v) is 4.84. The van der Waals surface area contributed by atoms with Crippen LogP contribution in [0.4, 0.5) is 19.0 Å². The number of nitrogens with two attached hydrogens (primary N) is 1. The molecule has 0 radical (unpaired) electrons. The predicted octanol–water partition coefficient (Wildman–Crippen LogP) is 1.94. The molecule has 0 aromatic carbocycles. The zero-order valence-electron chi connectivity index (χ0n) is 9.14. The zero-order valence-corrected chi connectivity index (χ0v) is 9.95. The molecule has 0 bridgehead atoms. The van der Waals surface area contributed by atoms with Crippen LogP contribution in [0.15, 0.2) is 0 Å². The van der Waals surface area contributed by atoms with Gasteiger partial charge in [0.15, 0.2) is 5.69 Å². The standard InChI is InChI=1S/C10H9F3N4S/c11-10(12,13)7-5-3-15-2-1-4(5)6-8(14)17-18-9(6)16-7/h15H,1-3H2,(H2,14,17). The Labute approximate surface area is 104 Å². The molecular formula is C10H9F3N4S. The van der Waals surface area contributed by atoms with Crippen LogP contribution in [0.5, 0.6) is 0 Å². The van der Waals surface area contributed by atoms with E-state index < -0.39 is 11.9 Å². The SMILES string of the molecule is Nc1nsc2nc(C(F)(F)F)c3c(c12)CCNC3. The van der Waals surface area contributed by atoms with Crippen LogP contribution in [-0.4, -0.2) is 15.9 Å². The molecule has 1 aliphatic heterocycles. The Morgan fingerprint density at radius 3 is 2.78 bits per heavy atom. The number of hydrogen-bond donors (Lipinski definition) is 2. The van der Waals surface area contributed by atoms with Crippen LogP contribution < -0.4 is 11.1 Å². The highest BCUT2D eigenvalue weighted by molar-refractivity contribution is 7.13. The third-order valence-electron chi connectivity index (χ3n) is 2.99. The van der Waals surface area contributed by atoms with Crippen LogP contribution in [-0.2, 0) is 19.1 Å². The van der Waals surface area contributed by atoms with E-state index >= 15 is 0 Å². The third-order valence-corrected chi connectivity index (χ3v) is 3.74. The molecule has 3 N–H and O–H groups in total. The van der Waals surface area contributed by atoms with E-state index in [0.717, 1.165) is 11.5 Å². The molecule has 2 aromatic heterocycles. The van der Waals surface area contributed by atoms with Crippen molar-refractivity contribution in [3.05, 3.63) is 16.8 Å². The van der Waals surface area contributed by atoms with Crippen molar-refractivity contribution < 1.29 is 13.2 Å². The van der Waals surface area contributed by atoms with Crippen molar-refractivity contribution in [1.82, 2.24) is 14.7 Å². The summed E-state index contributed by atoms with van der Waals surface area (Å²) in [5, 5.41) is 3.52. The number of anilines is 1. The number of rotatable bonds is 0. The summed E-state index contributed by atoms with van der Waals surface area (Å²) in [4.78, 5) is 3.96. The maximum atomic E-state index is 13.0. The molecule has 0 atom stereocenters. The molecule has 8 heteroatoms. The van der Waals surface area contributed by atoms with Gasteiger partial charge in [0.25, 0.3) is 0 Å². The average molecular weight is 274 g/mol. The fraction of sp³-hybridized carbons (Fsp3) is 0.400. The number of hydrogen-bond acceptors (Lipinski definition) is 5. The van der Waals surface area contributed by atoms with Crippen molar-refractivity contribution in [1.29, 1.82) is 0 Å². The van der Waals surface area contributed by atoms with Gasteiger partial charge in [-0.3, -0.25) is 0 Å². The molecule has 0 aliphatic carbocycles. The van der Waals surface area contributed by atoms with Gasteiger partial charge in [0.05, 0.1) is 5.39 Å². The highest BCUT2D eigenvalue weighted by atomic mass is 32.1. The summed E-state index contributed by atoms with van der Waals surface area (Å²) in [6, 6.07) is 0. The number of fused-ring (bicyclic) bond motifs is 3. The van der Waals surface area contributed by atoms with Gasteiger partial charge in [0, 0.05) is 12.1 Å². The van der Waals surface area contributed by atoms with Gasteiger partial charge in [-0.05, 0) is 30.1 Å². The first-order chi connectivity index (χ1) is 8.48. The molecule has 0 fully saturated rings. The lowest BCUT2D eigenvalue weighted by Gasteiger charge is -2.21. The summed E-state index contributed by atoms with van der Waals surface area (Å²) in [6.45, 7) is 0.807. The van der Waals surface area contributed by atoms with Crippen molar-refractivity contribution in [2.45, 2.75) is 19.1 Å². The highest BCUT2D eigenvalue weighted by Crippen LogP contribution is 2.38. The first-order valence-electron chi connectivity index (χ1n) is 5.33. The molecule has 4 nitrogen and oxygen atoms in total. The molecule has 0 amide bonds. The fourth-order valence-corrected chi connectivity index (χ4v) is 2.97. The topological polar surface area (TPSA) is 63.8 Å². The second kappa shape index (κ2) is 3.79. The van der Waals surface area contributed by atoms with Crippen LogP contribution in [0.25, 0.3) is 10.2 Å². The summed E-state index contributed by atoms with van der Waals surface area (Å²) in [6.07, 6.45) is -3.93. The fourth-order valence-electron chi connectivity index (χ4n) is 2.24. The minimum atomic E-state index is -4.45. The Kier molecular flexibility index (Phi) is 2.46. The van der Waals surface area contributed by atoms with Crippen LogP contribution in [0.2, 0.25) is 0 Å². The van der Waals surface area contributed by atoms with Gasteiger partial charge in [0.2, 0.25) is 0 Å². The Balaban J connectivity index is 2.38. The van der Waals surface area contributed by atoms with Gasteiger partial charge in [-0.15, -0.1) is 0 Å². The molecule has 0 saturated heterocycles. The lowest BCUT2D eigenvalue weighted by atomic mass is 9.97. The number of alkyl halides is 3. The van der Waals surface area contributed by atoms with E-state index in [9.17, 15) is 13.2 Å². The maximum Gasteiger partial charge on any atom is 0.433 e. The van der Waals surface area contributed by atoms with E-state index in [1.54, 1.807) is 0 Å².